The van der Waals surface area contributed by atoms with Crippen molar-refractivity contribution in [2.45, 2.75) is 18.9 Å². The summed E-state index contributed by atoms with van der Waals surface area (Å²) in [6, 6.07) is 6.27. The maximum atomic E-state index is 5.99. The summed E-state index contributed by atoms with van der Waals surface area (Å²) >= 11 is 0. The third kappa shape index (κ3) is 4.33. The number of rotatable bonds is 3. The molecule has 0 amide bonds. The van der Waals surface area contributed by atoms with Crippen LogP contribution < -0.4 is 14.8 Å². The first-order valence-electron chi connectivity index (χ1n) is 6.53. The summed E-state index contributed by atoms with van der Waals surface area (Å²) in [5.74, 6) is 0.883. The molecule has 3 rings (SSSR count). The van der Waals surface area contributed by atoms with E-state index < -0.39 is 0 Å². The Kier molecular flexibility index (Phi) is 6.95. The molecule has 1 N–H and O–H groups in total. The molecule has 0 unspecified atom stereocenters. The molecule has 0 radical (unpaired) electrons. The topological polar surface area (TPSA) is 56.3 Å². The summed E-state index contributed by atoms with van der Waals surface area (Å²) < 4.78 is 11.0. The van der Waals surface area contributed by atoms with Crippen LogP contribution in [0.3, 0.4) is 0 Å². The third-order valence-electron chi connectivity index (χ3n) is 3.30. The molecular weight excluding hydrogens is 313 g/mol. The zero-order valence-corrected chi connectivity index (χ0v) is 13.4. The molecule has 1 aromatic heterocycles. The standard InChI is InChI=1S/C14H17N3O2.2ClH/c1-18-14-16-9-10-8-12(2-3-13(10)17-14)19-11-4-6-15-7-5-11;;/h2-3,8-9,11,15H,4-7H2,1H3;2*1H. The van der Waals surface area contributed by atoms with Crippen molar-refractivity contribution in [2.24, 2.45) is 0 Å². The Bertz CT molecular complexity index is 577. The molecule has 21 heavy (non-hydrogen) atoms. The van der Waals surface area contributed by atoms with Crippen LogP contribution in [0, 0.1) is 0 Å². The van der Waals surface area contributed by atoms with Crippen molar-refractivity contribution in [3.05, 3.63) is 24.4 Å². The van der Waals surface area contributed by atoms with E-state index in [1.807, 2.05) is 18.2 Å². The molecule has 1 aliphatic rings. The number of fused-ring (bicyclic) bond motifs is 1. The summed E-state index contributed by atoms with van der Waals surface area (Å²) in [7, 11) is 1.57. The zero-order valence-electron chi connectivity index (χ0n) is 11.7. The van der Waals surface area contributed by atoms with E-state index in [2.05, 4.69) is 15.3 Å². The fourth-order valence-electron chi connectivity index (χ4n) is 2.27. The van der Waals surface area contributed by atoms with E-state index in [0.717, 1.165) is 42.6 Å². The lowest BCUT2D eigenvalue weighted by Gasteiger charge is -2.23. The lowest BCUT2D eigenvalue weighted by Crippen LogP contribution is -2.34. The lowest BCUT2D eigenvalue weighted by atomic mass is 10.1. The first-order valence-corrected chi connectivity index (χ1v) is 6.53. The number of piperidine rings is 1. The van der Waals surface area contributed by atoms with Gasteiger partial charge in [0.05, 0.1) is 12.6 Å². The van der Waals surface area contributed by atoms with Gasteiger partial charge in [-0.25, -0.2) is 4.98 Å². The Morgan fingerprint density at radius 2 is 1.95 bits per heavy atom. The van der Waals surface area contributed by atoms with Crippen molar-refractivity contribution >= 4 is 35.7 Å². The van der Waals surface area contributed by atoms with Crippen molar-refractivity contribution in [3.63, 3.8) is 0 Å². The molecule has 2 aromatic rings. The average molecular weight is 332 g/mol. The lowest BCUT2D eigenvalue weighted by molar-refractivity contribution is 0.162. The summed E-state index contributed by atoms with van der Waals surface area (Å²) in [6.07, 6.45) is 4.17. The van der Waals surface area contributed by atoms with E-state index in [4.69, 9.17) is 9.47 Å². The Hall–Kier alpha value is -1.30. The van der Waals surface area contributed by atoms with Crippen LogP contribution in [0.2, 0.25) is 0 Å². The molecule has 0 aliphatic carbocycles. The first kappa shape index (κ1) is 17.8. The van der Waals surface area contributed by atoms with Crippen LogP contribution >= 0.6 is 24.8 Å². The van der Waals surface area contributed by atoms with Crippen molar-refractivity contribution in [3.8, 4) is 11.8 Å². The Morgan fingerprint density at radius 1 is 1.19 bits per heavy atom. The molecule has 0 atom stereocenters. The normalized spacial score (nSPS) is 14.9. The van der Waals surface area contributed by atoms with Crippen LogP contribution in [0.25, 0.3) is 10.9 Å². The Labute approximate surface area is 136 Å². The second-order valence-corrected chi connectivity index (χ2v) is 4.64. The van der Waals surface area contributed by atoms with Gasteiger partial charge in [0.25, 0.3) is 0 Å². The van der Waals surface area contributed by atoms with Gasteiger partial charge >= 0.3 is 6.01 Å². The fraction of sp³-hybridized carbons (Fsp3) is 0.429. The van der Waals surface area contributed by atoms with Gasteiger partial charge in [0, 0.05) is 11.6 Å². The van der Waals surface area contributed by atoms with E-state index >= 15 is 0 Å². The number of nitrogens with one attached hydrogen (secondary N) is 1. The highest BCUT2D eigenvalue weighted by molar-refractivity contribution is 5.85. The van der Waals surface area contributed by atoms with E-state index in [1.165, 1.54) is 0 Å². The second-order valence-electron chi connectivity index (χ2n) is 4.64. The van der Waals surface area contributed by atoms with Crippen molar-refractivity contribution in [1.29, 1.82) is 0 Å². The highest BCUT2D eigenvalue weighted by Crippen LogP contribution is 2.22. The zero-order chi connectivity index (χ0) is 13.1. The smallest absolute Gasteiger partial charge is 0.316 e. The number of nitrogens with zero attached hydrogens (tertiary/aromatic N) is 2. The predicted molar refractivity (Wildman–Crippen MR) is 87.1 cm³/mol. The minimum atomic E-state index is 0. The van der Waals surface area contributed by atoms with Gasteiger partial charge in [-0.05, 0) is 44.1 Å². The maximum absolute atomic E-state index is 5.99. The third-order valence-corrected chi connectivity index (χ3v) is 3.30. The predicted octanol–water partition coefficient (Wildman–Crippen LogP) is 2.61. The molecule has 0 bridgehead atoms. The summed E-state index contributed by atoms with van der Waals surface area (Å²) in [6.45, 7) is 2.05. The molecule has 5 nitrogen and oxygen atoms in total. The Morgan fingerprint density at radius 3 is 2.67 bits per heavy atom. The highest BCUT2D eigenvalue weighted by atomic mass is 35.5. The van der Waals surface area contributed by atoms with Gasteiger partial charge in [0.1, 0.15) is 11.9 Å². The Balaban J connectivity index is 0.00000110. The number of hydrogen-bond donors (Lipinski definition) is 1. The number of halogens is 2. The minimum Gasteiger partial charge on any atom is -0.490 e. The molecule has 1 saturated heterocycles. The van der Waals surface area contributed by atoms with Crippen LogP contribution in [-0.2, 0) is 0 Å². The van der Waals surface area contributed by atoms with Crippen molar-refractivity contribution < 1.29 is 9.47 Å². The number of aromatic nitrogens is 2. The molecular formula is C14H19Cl2N3O2. The van der Waals surface area contributed by atoms with Gasteiger partial charge < -0.3 is 14.8 Å². The van der Waals surface area contributed by atoms with Gasteiger partial charge in [-0.2, -0.15) is 4.98 Å². The molecule has 1 aliphatic heterocycles. The number of methoxy groups -OCH3 is 1. The second kappa shape index (κ2) is 8.22. The van der Waals surface area contributed by atoms with Crippen LogP contribution in [0.15, 0.2) is 24.4 Å². The molecule has 0 saturated carbocycles. The molecule has 1 fully saturated rings. The van der Waals surface area contributed by atoms with Crippen molar-refractivity contribution in [2.75, 3.05) is 20.2 Å². The number of ether oxygens (including phenoxy) is 2. The molecule has 0 spiro atoms. The number of hydrogen-bond acceptors (Lipinski definition) is 5. The quantitative estimate of drug-likeness (QED) is 0.936. The van der Waals surface area contributed by atoms with Gasteiger partial charge in [0.15, 0.2) is 0 Å². The number of benzene rings is 1. The van der Waals surface area contributed by atoms with E-state index in [1.54, 1.807) is 13.3 Å². The van der Waals surface area contributed by atoms with Gasteiger partial charge in [-0.1, -0.05) is 0 Å². The highest BCUT2D eigenvalue weighted by Gasteiger charge is 2.14. The minimum absolute atomic E-state index is 0. The van der Waals surface area contributed by atoms with Crippen LogP contribution in [0.1, 0.15) is 12.8 Å². The van der Waals surface area contributed by atoms with E-state index in [0.29, 0.717) is 12.1 Å². The maximum Gasteiger partial charge on any atom is 0.316 e. The van der Waals surface area contributed by atoms with Gasteiger partial charge in [-0.3, -0.25) is 0 Å². The monoisotopic (exact) mass is 331 g/mol. The SMILES string of the molecule is COc1ncc2cc(OC3CCNCC3)ccc2n1.Cl.Cl. The largest absolute Gasteiger partial charge is 0.490 e. The molecule has 1 aromatic carbocycles. The van der Waals surface area contributed by atoms with Gasteiger partial charge in [-0.15, -0.1) is 24.8 Å². The summed E-state index contributed by atoms with van der Waals surface area (Å²) in [5, 5.41) is 4.29. The summed E-state index contributed by atoms with van der Waals surface area (Å²) in [4.78, 5) is 8.40. The van der Waals surface area contributed by atoms with Crippen LogP contribution in [0.4, 0.5) is 0 Å². The first-order chi connectivity index (χ1) is 9.35. The van der Waals surface area contributed by atoms with E-state index in [-0.39, 0.29) is 24.8 Å². The van der Waals surface area contributed by atoms with Crippen LogP contribution in [-0.4, -0.2) is 36.3 Å². The van der Waals surface area contributed by atoms with E-state index in [9.17, 15) is 0 Å². The molecule has 116 valence electrons. The molecule has 2 heterocycles. The molecule has 7 heteroatoms. The average Bonchev–Trinajstić information content (AvgIpc) is 2.48. The summed E-state index contributed by atoms with van der Waals surface area (Å²) in [5.41, 5.74) is 0.865. The van der Waals surface area contributed by atoms with Gasteiger partial charge in [0.2, 0.25) is 0 Å². The fourth-order valence-corrected chi connectivity index (χ4v) is 2.27. The van der Waals surface area contributed by atoms with Crippen LogP contribution in [0.5, 0.6) is 11.8 Å². The van der Waals surface area contributed by atoms with Crippen molar-refractivity contribution in [1.82, 2.24) is 15.3 Å².